The second-order valence-corrected chi connectivity index (χ2v) is 8.82. The second kappa shape index (κ2) is 7.67. The molecule has 168 valence electrons. The number of rotatable bonds is 8. The number of methoxy groups -OCH3 is 1. The molecule has 2 saturated carbocycles. The summed E-state index contributed by atoms with van der Waals surface area (Å²) in [7, 11) is 1.72. The topological polar surface area (TPSA) is 78.4 Å². The van der Waals surface area contributed by atoms with Gasteiger partial charge in [-0.3, -0.25) is 0 Å². The van der Waals surface area contributed by atoms with Gasteiger partial charge in [0.25, 0.3) is 0 Å². The number of hydrogen-bond acceptors (Lipinski definition) is 6. The molecule has 0 bridgehead atoms. The molecule has 2 aromatic rings. The van der Waals surface area contributed by atoms with Crippen molar-refractivity contribution in [1.29, 1.82) is 0 Å². The van der Waals surface area contributed by atoms with Crippen LogP contribution in [-0.4, -0.2) is 59.1 Å². The highest BCUT2D eigenvalue weighted by atomic mass is 19.4. The number of imidazole rings is 1. The van der Waals surface area contributed by atoms with Crippen molar-refractivity contribution >= 4 is 5.82 Å². The average Bonchev–Trinajstić information content (AvgIpc) is 3.55. The van der Waals surface area contributed by atoms with Crippen molar-refractivity contribution in [2.24, 2.45) is 17.8 Å². The molecule has 1 aliphatic heterocycles. The van der Waals surface area contributed by atoms with Gasteiger partial charge in [0.15, 0.2) is 11.6 Å². The number of alkyl halides is 3. The zero-order valence-electron chi connectivity index (χ0n) is 17.3. The highest BCUT2D eigenvalue weighted by Crippen LogP contribution is 2.56. The summed E-state index contributed by atoms with van der Waals surface area (Å²) in [5, 5.41) is 0. The van der Waals surface area contributed by atoms with E-state index in [0.29, 0.717) is 35.1 Å². The van der Waals surface area contributed by atoms with Gasteiger partial charge >= 0.3 is 6.36 Å². The summed E-state index contributed by atoms with van der Waals surface area (Å²) in [6.45, 7) is 3.77. The first-order valence-corrected chi connectivity index (χ1v) is 10.6. The number of hydrogen-bond donors (Lipinski definition) is 1. The van der Waals surface area contributed by atoms with Gasteiger partial charge in [-0.1, -0.05) is 0 Å². The number of nitrogens with two attached hydrogens (primary N) is 1. The summed E-state index contributed by atoms with van der Waals surface area (Å²) in [4.78, 5) is 11.1. The number of nitrogens with zero attached hydrogens (tertiary/aromatic N) is 4. The minimum atomic E-state index is -4.83. The number of aromatic nitrogens is 3. The zero-order chi connectivity index (χ0) is 21.8. The third kappa shape index (κ3) is 4.36. The molecule has 0 aromatic carbocycles. The lowest BCUT2D eigenvalue weighted by molar-refractivity contribution is -0.274. The molecule has 0 spiro atoms. The number of likely N-dealkylation sites (tertiary alicyclic amines) is 1. The summed E-state index contributed by atoms with van der Waals surface area (Å²) < 4.78 is 49.6. The van der Waals surface area contributed by atoms with E-state index in [4.69, 9.17) is 15.5 Å². The van der Waals surface area contributed by atoms with Crippen molar-refractivity contribution in [3.05, 3.63) is 24.3 Å². The molecular weight excluding hydrogens is 411 g/mol. The van der Waals surface area contributed by atoms with Crippen LogP contribution < -0.4 is 10.5 Å². The summed E-state index contributed by atoms with van der Waals surface area (Å²) in [6, 6.07) is 1.67. The van der Waals surface area contributed by atoms with Gasteiger partial charge in [0, 0.05) is 57.2 Å². The molecule has 2 aliphatic carbocycles. The van der Waals surface area contributed by atoms with Crippen molar-refractivity contribution in [1.82, 2.24) is 19.4 Å². The summed E-state index contributed by atoms with van der Waals surface area (Å²) in [5.74, 6) is 2.04. The molecule has 1 saturated heterocycles. The standard InChI is InChI=1S/C21H26F3N5O2/c1-30-5-4-28-9-14-15(10-28)19(14)29-11-16(27-18(29)6-12-2-3-12)13-7-17(20(25)26-8-13)31-21(22,23)24/h7-8,11-12,14-15,19H,2-6,9-10H2,1H3,(H2,25,26)/t14-,15+,19-. The molecule has 0 radical (unpaired) electrons. The minimum absolute atomic E-state index is 0.299. The van der Waals surface area contributed by atoms with E-state index in [0.717, 1.165) is 38.5 Å². The molecule has 3 heterocycles. The zero-order valence-corrected chi connectivity index (χ0v) is 17.3. The summed E-state index contributed by atoms with van der Waals surface area (Å²) in [6.07, 6.45) is 1.90. The van der Waals surface area contributed by atoms with E-state index in [1.54, 1.807) is 7.11 Å². The van der Waals surface area contributed by atoms with Crippen LogP contribution in [0.4, 0.5) is 19.0 Å². The Morgan fingerprint density at radius 2 is 1.97 bits per heavy atom. The van der Waals surface area contributed by atoms with Gasteiger partial charge < -0.3 is 24.7 Å². The Morgan fingerprint density at radius 3 is 2.61 bits per heavy atom. The van der Waals surface area contributed by atoms with Gasteiger partial charge in [-0.2, -0.15) is 0 Å². The smallest absolute Gasteiger partial charge is 0.402 e. The van der Waals surface area contributed by atoms with Gasteiger partial charge in [-0.25, -0.2) is 9.97 Å². The SMILES string of the molecule is COCCN1C[C@@H]2[C@H](C1)[C@@H]2n1cc(-c2cnc(N)c(OC(F)(F)F)c2)nc1CC1CC1. The average molecular weight is 437 g/mol. The van der Waals surface area contributed by atoms with Crippen LogP contribution >= 0.6 is 0 Å². The lowest BCUT2D eigenvalue weighted by atomic mass is 10.2. The van der Waals surface area contributed by atoms with Crippen molar-refractivity contribution in [2.45, 2.75) is 31.7 Å². The van der Waals surface area contributed by atoms with Crippen LogP contribution in [0.15, 0.2) is 18.5 Å². The fraction of sp³-hybridized carbons (Fsp3) is 0.619. The third-order valence-electron chi connectivity index (χ3n) is 6.54. The molecule has 7 nitrogen and oxygen atoms in total. The lowest BCUT2D eigenvalue weighted by Crippen LogP contribution is -2.28. The molecule has 3 fully saturated rings. The van der Waals surface area contributed by atoms with Crippen LogP contribution in [0.3, 0.4) is 0 Å². The molecule has 0 amide bonds. The van der Waals surface area contributed by atoms with E-state index in [1.807, 2.05) is 6.20 Å². The first-order valence-electron chi connectivity index (χ1n) is 10.6. The van der Waals surface area contributed by atoms with Crippen LogP contribution in [0.25, 0.3) is 11.3 Å². The Hall–Kier alpha value is -2.33. The van der Waals surface area contributed by atoms with E-state index in [9.17, 15) is 13.2 Å². The summed E-state index contributed by atoms with van der Waals surface area (Å²) in [5.41, 5.74) is 6.65. The fourth-order valence-corrected chi connectivity index (χ4v) is 4.76. The van der Waals surface area contributed by atoms with Gasteiger partial charge in [-0.05, 0) is 36.7 Å². The van der Waals surface area contributed by atoms with E-state index in [2.05, 4.69) is 19.2 Å². The fourth-order valence-electron chi connectivity index (χ4n) is 4.76. The second-order valence-electron chi connectivity index (χ2n) is 8.82. The Balaban J connectivity index is 1.38. The maximum atomic E-state index is 12.7. The monoisotopic (exact) mass is 437 g/mol. The number of nitrogen functional groups attached to an aromatic ring is 1. The number of fused-ring (bicyclic) bond motifs is 1. The number of halogens is 3. The molecule has 5 rings (SSSR count). The largest absolute Gasteiger partial charge is 0.573 e. The summed E-state index contributed by atoms with van der Waals surface area (Å²) >= 11 is 0. The van der Waals surface area contributed by atoms with Crippen LogP contribution in [-0.2, 0) is 11.2 Å². The van der Waals surface area contributed by atoms with Gasteiger partial charge in [0.05, 0.1) is 12.3 Å². The van der Waals surface area contributed by atoms with Crippen molar-refractivity contribution in [3.8, 4) is 17.0 Å². The molecule has 3 atom stereocenters. The first-order chi connectivity index (χ1) is 14.8. The third-order valence-corrected chi connectivity index (χ3v) is 6.54. The predicted molar refractivity (Wildman–Crippen MR) is 107 cm³/mol. The number of pyridine rings is 1. The number of piperidine rings is 1. The van der Waals surface area contributed by atoms with Gasteiger partial charge in [-0.15, -0.1) is 13.2 Å². The van der Waals surface area contributed by atoms with Crippen LogP contribution in [0.2, 0.25) is 0 Å². The maximum Gasteiger partial charge on any atom is 0.573 e. The van der Waals surface area contributed by atoms with Crippen LogP contribution in [0.5, 0.6) is 5.75 Å². The maximum absolute atomic E-state index is 12.7. The molecular formula is C21H26F3N5O2. The lowest BCUT2D eigenvalue weighted by Gasteiger charge is -2.20. The van der Waals surface area contributed by atoms with E-state index in [-0.39, 0.29) is 5.82 Å². The van der Waals surface area contributed by atoms with Crippen LogP contribution in [0, 0.1) is 17.8 Å². The molecule has 10 heteroatoms. The number of ether oxygens (including phenoxy) is 2. The first kappa shape index (κ1) is 20.6. The van der Waals surface area contributed by atoms with Gasteiger partial charge in [0.1, 0.15) is 5.82 Å². The normalized spacial score (nSPS) is 25.6. The van der Waals surface area contributed by atoms with E-state index < -0.39 is 12.1 Å². The predicted octanol–water partition coefficient (Wildman–Crippen LogP) is 3.13. The van der Waals surface area contributed by atoms with Crippen molar-refractivity contribution < 1.29 is 22.6 Å². The highest BCUT2D eigenvalue weighted by Gasteiger charge is 2.57. The Bertz CT molecular complexity index is 947. The Kier molecular flexibility index (Phi) is 5.09. The Morgan fingerprint density at radius 1 is 1.23 bits per heavy atom. The van der Waals surface area contributed by atoms with Crippen LogP contribution in [0.1, 0.15) is 24.7 Å². The minimum Gasteiger partial charge on any atom is -0.402 e. The van der Waals surface area contributed by atoms with Crippen molar-refractivity contribution in [2.75, 3.05) is 39.1 Å². The highest BCUT2D eigenvalue weighted by molar-refractivity contribution is 5.64. The van der Waals surface area contributed by atoms with E-state index in [1.165, 1.54) is 25.1 Å². The van der Waals surface area contributed by atoms with Gasteiger partial charge in [0.2, 0.25) is 0 Å². The van der Waals surface area contributed by atoms with Crippen molar-refractivity contribution in [3.63, 3.8) is 0 Å². The molecule has 3 aliphatic rings. The number of anilines is 1. The Labute approximate surface area is 178 Å². The quantitative estimate of drug-likeness (QED) is 0.684. The molecule has 2 aromatic heterocycles. The molecule has 2 N–H and O–H groups in total. The molecule has 0 unspecified atom stereocenters. The van der Waals surface area contributed by atoms with E-state index >= 15 is 0 Å². The molecule has 31 heavy (non-hydrogen) atoms.